The van der Waals surface area contributed by atoms with Gasteiger partial charge in [-0.2, -0.15) is 0 Å². The molecule has 0 aromatic heterocycles. The molecule has 0 aromatic carbocycles. The highest BCUT2D eigenvalue weighted by molar-refractivity contribution is 6.93. The molecule has 31 heavy (non-hydrogen) atoms. The van der Waals surface area contributed by atoms with Crippen molar-refractivity contribution in [2.24, 2.45) is 0 Å². The summed E-state index contributed by atoms with van der Waals surface area (Å²) in [5, 5.41) is 11.0. The summed E-state index contributed by atoms with van der Waals surface area (Å²) in [4.78, 5) is 9.99. The van der Waals surface area contributed by atoms with Crippen LogP contribution in [0.15, 0.2) is 0 Å². The van der Waals surface area contributed by atoms with E-state index in [1.165, 1.54) is 0 Å². The van der Waals surface area contributed by atoms with Crippen molar-refractivity contribution in [3.63, 3.8) is 0 Å². The summed E-state index contributed by atoms with van der Waals surface area (Å²) in [5.74, 6) is 0. The van der Waals surface area contributed by atoms with Gasteiger partial charge in [0.15, 0.2) is 0 Å². The normalized spacial score (nSPS) is 17.1. The van der Waals surface area contributed by atoms with Gasteiger partial charge in [0.1, 0.15) is 0 Å². The molecule has 0 atom stereocenters. The van der Waals surface area contributed by atoms with E-state index >= 15 is 0 Å². The van der Waals surface area contributed by atoms with E-state index in [1.807, 2.05) is 0 Å². The van der Waals surface area contributed by atoms with Crippen molar-refractivity contribution in [1.29, 1.82) is 0 Å². The number of hydrogen-bond donors (Lipinski definition) is 5. The highest BCUT2D eigenvalue weighted by atomic mass is 28.4. The van der Waals surface area contributed by atoms with Crippen molar-refractivity contribution in [3.05, 3.63) is 0 Å². The van der Waals surface area contributed by atoms with Crippen LogP contribution >= 0.6 is 0 Å². The van der Waals surface area contributed by atoms with E-state index in [4.69, 9.17) is 0 Å². The first-order valence-electron chi connectivity index (χ1n) is 10.7. The second-order valence-corrected chi connectivity index (χ2v) is 18.1. The van der Waals surface area contributed by atoms with Crippen molar-refractivity contribution >= 4 is 38.8 Å². The minimum atomic E-state index is -2.30. The average molecular weight is 472 g/mol. The number of nitrogens with zero attached hydrogens (tertiary/aromatic N) is 7. The molecule has 0 aromatic rings. The van der Waals surface area contributed by atoms with Crippen LogP contribution in [-0.2, 0) is 0 Å². The van der Waals surface area contributed by atoms with E-state index in [2.05, 4.69) is 156 Å². The molecule has 1 saturated heterocycles. The molecule has 1 aliphatic rings. The van der Waals surface area contributed by atoms with Gasteiger partial charge >= 0.3 is 38.8 Å². The Morgan fingerprint density at radius 1 is 0.452 bits per heavy atom. The quantitative estimate of drug-likeness (QED) is 0.189. The molecule has 180 valence electrons. The van der Waals surface area contributed by atoms with E-state index in [-0.39, 0.29) is 21.4 Å². The second kappa shape index (κ2) is 11.5. The van der Waals surface area contributed by atoms with Gasteiger partial charge in [-0.1, -0.05) is 0 Å². The summed E-state index contributed by atoms with van der Waals surface area (Å²) in [7, 11) is 25.0. The monoisotopic (exact) mass is 472 g/mol. The minimum absolute atomic E-state index is 0.00683. The lowest BCUT2D eigenvalue weighted by Gasteiger charge is -2.51. The number of rotatable bonds is 11. The standard InChI is InChI=1S/C14H47B3N12Si2/c1-23(2)17-19-15(21-30(24(3)4,25(5)6)26(7)8)18-16(20-17)22-31(27(9)10,28(11)12)29(13)14/h18-22H,1-14H3. The molecular formula is C14H47B3N12Si2. The van der Waals surface area contributed by atoms with Gasteiger partial charge in [0.05, 0.1) is 0 Å². The molecule has 1 heterocycles. The third-order valence-corrected chi connectivity index (χ3v) is 14.8. The highest BCUT2D eigenvalue weighted by Crippen LogP contribution is 2.11. The zero-order chi connectivity index (χ0) is 24.3. The summed E-state index contributed by atoms with van der Waals surface area (Å²) in [5.41, 5.74) is 0. The van der Waals surface area contributed by atoms with E-state index in [0.717, 1.165) is 0 Å². The first-order chi connectivity index (χ1) is 14.1. The van der Waals surface area contributed by atoms with Gasteiger partial charge in [0, 0.05) is 0 Å². The minimum Gasteiger partial charge on any atom is -0.343 e. The molecule has 1 rings (SSSR count). The zero-order valence-corrected chi connectivity index (χ0v) is 24.4. The van der Waals surface area contributed by atoms with E-state index < -0.39 is 17.4 Å². The fraction of sp³-hybridized carbons (Fsp3) is 1.00. The molecule has 0 amide bonds. The molecule has 0 bridgehead atoms. The van der Waals surface area contributed by atoms with Gasteiger partial charge in [-0.3, -0.25) is 27.4 Å². The van der Waals surface area contributed by atoms with Crippen LogP contribution < -0.4 is 25.2 Å². The van der Waals surface area contributed by atoms with Gasteiger partial charge in [-0.15, -0.1) is 0 Å². The predicted octanol–water partition coefficient (Wildman–Crippen LogP) is -4.29. The third-order valence-electron chi connectivity index (χ3n) is 5.92. The van der Waals surface area contributed by atoms with E-state index in [1.54, 1.807) is 0 Å². The average Bonchev–Trinajstić information content (AvgIpc) is 2.62. The van der Waals surface area contributed by atoms with Gasteiger partial charge in [-0.05, 0) is 98.7 Å². The fourth-order valence-corrected chi connectivity index (χ4v) is 12.1. The second-order valence-electron chi connectivity index (χ2n) is 9.66. The Morgan fingerprint density at radius 3 is 0.903 bits per heavy atom. The summed E-state index contributed by atoms with van der Waals surface area (Å²) in [6, 6.07) is 0. The summed E-state index contributed by atoms with van der Waals surface area (Å²) in [6.07, 6.45) is 0. The van der Waals surface area contributed by atoms with Crippen molar-refractivity contribution in [3.8, 4) is 0 Å². The lowest BCUT2D eigenvalue weighted by molar-refractivity contribution is 0.368. The molecule has 1 aliphatic heterocycles. The van der Waals surface area contributed by atoms with E-state index in [0.29, 0.717) is 0 Å². The van der Waals surface area contributed by atoms with Gasteiger partial charge < -0.3 is 30.0 Å². The molecule has 5 N–H and O–H groups in total. The van der Waals surface area contributed by atoms with Crippen LogP contribution in [0.2, 0.25) is 0 Å². The lowest BCUT2D eigenvalue weighted by atomic mass is 9.65. The maximum Gasteiger partial charge on any atom is 0.378 e. The Morgan fingerprint density at radius 2 is 0.710 bits per heavy atom. The summed E-state index contributed by atoms with van der Waals surface area (Å²) in [6.45, 7) is 0. The maximum atomic E-state index is 3.92. The molecule has 17 heteroatoms. The Labute approximate surface area is 195 Å². The van der Waals surface area contributed by atoms with Crippen LogP contribution in [0.5, 0.6) is 0 Å². The molecular weight excluding hydrogens is 425 g/mol. The Kier molecular flexibility index (Phi) is 10.8. The summed E-state index contributed by atoms with van der Waals surface area (Å²) >= 11 is 0. The fourth-order valence-electron chi connectivity index (χ4n) is 4.65. The Balaban J connectivity index is 3.26. The van der Waals surface area contributed by atoms with Crippen molar-refractivity contribution in [1.82, 2.24) is 57.4 Å². The molecule has 0 aliphatic carbocycles. The smallest absolute Gasteiger partial charge is 0.343 e. The number of hydrogen-bond acceptors (Lipinski definition) is 12. The Bertz CT molecular complexity index is 469. The maximum absolute atomic E-state index is 3.92. The van der Waals surface area contributed by atoms with Crippen molar-refractivity contribution in [2.45, 2.75) is 0 Å². The zero-order valence-electron chi connectivity index (χ0n) is 22.4. The molecule has 1 fully saturated rings. The third kappa shape index (κ3) is 6.18. The molecule has 0 unspecified atom stereocenters. The van der Waals surface area contributed by atoms with Gasteiger partial charge in [0.25, 0.3) is 0 Å². The lowest BCUT2D eigenvalue weighted by Crippen LogP contribution is -2.93. The van der Waals surface area contributed by atoms with Crippen LogP contribution in [0.3, 0.4) is 0 Å². The van der Waals surface area contributed by atoms with Crippen LogP contribution in [0, 0.1) is 0 Å². The molecule has 12 nitrogen and oxygen atoms in total. The number of nitrogens with one attached hydrogen (secondary N) is 5. The van der Waals surface area contributed by atoms with Crippen LogP contribution in [0.25, 0.3) is 0 Å². The molecule has 0 spiro atoms. The van der Waals surface area contributed by atoms with Crippen molar-refractivity contribution < 1.29 is 0 Å². The predicted molar refractivity (Wildman–Crippen MR) is 140 cm³/mol. The Hall–Kier alpha value is 0.149. The SMILES string of the molecule is CN(C)B1NB(N[Si](N(C)C)(N(C)C)N(C)C)NB(N[Si](N(C)C)(N(C)C)N(C)C)N1. The van der Waals surface area contributed by atoms with E-state index in [9.17, 15) is 0 Å². The van der Waals surface area contributed by atoms with Crippen LogP contribution in [0.1, 0.15) is 0 Å². The largest absolute Gasteiger partial charge is 0.378 e. The summed E-state index contributed by atoms with van der Waals surface area (Å²) < 4.78 is 13.9. The van der Waals surface area contributed by atoms with Crippen LogP contribution in [-0.4, -0.2) is 170 Å². The first-order valence-corrected chi connectivity index (χ1v) is 14.4. The highest BCUT2D eigenvalue weighted by Gasteiger charge is 2.52. The van der Waals surface area contributed by atoms with Gasteiger partial charge in [-0.25, -0.2) is 0 Å². The molecule has 0 radical (unpaired) electrons. The topological polar surface area (TPSA) is 82.8 Å². The van der Waals surface area contributed by atoms with Crippen LogP contribution in [0.4, 0.5) is 0 Å². The molecule has 0 saturated carbocycles. The first kappa shape index (κ1) is 29.2. The van der Waals surface area contributed by atoms with Crippen molar-refractivity contribution in [2.75, 3.05) is 98.7 Å². The van der Waals surface area contributed by atoms with Gasteiger partial charge in [0.2, 0.25) is 0 Å².